The van der Waals surface area contributed by atoms with Crippen molar-refractivity contribution in [3.05, 3.63) is 23.8 Å². The molecular weight excluding hydrogens is 268 g/mol. The van der Waals surface area contributed by atoms with E-state index in [9.17, 15) is 0 Å². The van der Waals surface area contributed by atoms with E-state index in [1.807, 2.05) is 11.8 Å². The van der Waals surface area contributed by atoms with Gasteiger partial charge < -0.3 is 10.1 Å². The molecule has 2 saturated heterocycles. The largest absolute Gasteiger partial charge is 0.376 e. The standard InChI is InChI=1S/C16H24N2OS/c1-16(2,3)11-6-7-13-14(9-11)20-15(18-13)17-10-12-5-4-8-19-12/h6-7,9,12-14H,4-5,8,10H2,1-3H3,(H,17,18). The molecule has 4 heteroatoms. The second-order valence-corrected chi connectivity index (χ2v) is 7.93. The van der Waals surface area contributed by atoms with Crippen molar-refractivity contribution in [2.75, 3.05) is 13.2 Å². The zero-order chi connectivity index (χ0) is 14.2. The SMILES string of the molecule is CC(C)(C)C1=CC2SC(=NCC3CCCO3)NC2C=C1. The normalized spacial score (nSPS) is 35.0. The predicted octanol–water partition coefficient (Wildman–Crippen LogP) is 3.14. The minimum Gasteiger partial charge on any atom is -0.376 e. The number of hydrogen-bond acceptors (Lipinski definition) is 3. The first-order valence-corrected chi connectivity index (χ1v) is 8.40. The number of ether oxygens (including phenoxy) is 1. The van der Waals surface area contributed by atoms with Crippen molar-refractivity contribution in [1.29, 1.82) is 0 Å². The molecular formula is C16H24N2OS. The lowest BCUT2D eigenvalue weighted by molar-refractivity contribution is 0.118. The fourth-order valence-electron chi connectivity index (χ4n) is 2.75. The van der Waals surface area contributed by atoms with Crippen LogP contribution in [0, 0.1) is 5.41 Å². The summed E-state index contributed by atoms with van der Waals surface area (Å²) in [5, 5.41) is 5.07. The summed E-state index contributed by atoms with van der Waals surface area (Å²) in [6, 6.07) is 0.398. The van der Waals surface area contributed by atoms with Crippen molar-refractivity contribution in [3.8, 4) is 0 Å². The van der Waals surface area contributed by atoms with Gasteiger partial charge in [-0.2, -0.15) is 0 Å². The molecule has 0 bridgehead atoms. The molecule has 0 aromatic heterocycles. The summed E-state index contributed by atoms with van der Waals surface area (Å²) in [5.41, 5.74) is 1.65. The zero-order valence-corrected chi connectivity index (χ0v) is 13.4. The Morgan fingerprint density at radius 2 is 2.30 bits per heavy atom. The first kappa shape index (κ1) is 14.2. The third-order valence-electron chi connectivity index (χ3n) is 4.05. The van der Waals surface area contributed by atoms with Gasteiger partial charge in [0.25, 0.3) is 0 Å². The van der Waals surface area contributed by atoms with Crippen LogP contribution < -0.4 is 5.32 Å². The van der Waals surface area contributed by atoms with Crippen molar-refractivity contribution in [3.63, 3.8) is 0 Å². The maximum absolute atomic E-state index is 5.62. The van der Waals surface area contributed by atoms with E-state index < -0.39 is 0 Å². The molecule has 0 saturated carbocycles. The van der Waals surface area contributed by atoms with Crippen LogP contribution >= 0.6 is 11.8 Å². The molecule has 1 aliphatic carbocycles. The maximum atomic E-state index is 5.62. The Morgan fingerprint density at radius 1 is 1.45 bits per heavy atom. The Bertz CT molecular complexity index is 456. The Labute approximate surface area is 125 Å². The summed E-state index contributed by atoms with van der Waals surface area (Å²) in [6.45, 7) is 8.50. The Kier molecular flexibility index (Phi) is 3.95. The number of rotatable bonds is 2. The molecule has 0 radical (unpaired) electrons. The number of thioether (sulfide) groups is 1. The number of nitrogens with zero attached hydrogens (tertiary/aromatic N) is 1. The number of nitrogens with one attached hydrogen (secondary N) is 1. The van der Waals surface area contributed by atoms with Gasteiger partial charge in [0.15, 0.2) is 5.17 Å². The van der Waals surface area contributed by atoms with Crippen LogP contribution in [-0.4, -0.2) is 35.7 Å². The molecule has 3 atom stereocenters. The van der Waals surface area contributed by atoms with Gasteiger partial charge in [-0.25, -0.2) is 0 Å². The summed E-state index contributed by atoms with van der Waals surface area (Å²) in [5.74, 6) is 0. The van der Waals surface area contributed by atoms with E-state index >= 15 is 0 Å². The van der Waals surface area contributed by atoms with E-state index in [-0.39, 0.29) is 5.41 Å². The molecule has 2 fully saturated rings. The predicted molar refractivity (Wildman–Crippen MR) is 86.3 cm³/mol. The van der Waals surface area contributed by atoms with E-state index in [4.69, 9.17) is 9.73 Å². The van der Waals surface area contributed by atoms with Gasteiger partial charge in [-0.1, -0.05) is 50.8 Å². The first-order chi connectivity index (χ1) is 9.52. The van der Waals surface area contributed by atoms with E-state index in [0.29, 0.717) is 17.4 Å². The molecule has 0 amide bonds. The number of aliphatic imine (C=N–C) groups is 1. The average molecular weight is 292 g/mol. The summed E-state index contributed by atoms with van der Waals surface area (Å²) < 4.78 is 5.62. The zero-order valence-electron chi connectivity index (χ0n) is 12.6. The summed E-state index contributed by atoms with van der Waals surface area (Å²) in [7, 11) is 0. The van der Waals surface area contributed by atoms with Crippen LogP contribution in [0.2, 0.25) is 0 Å². The fourth-order valence-corrected chi connectivity index (χ4v) is 3.88. The van der Waals surface area contributed by atoms with Crippen LogP contribution in [0.3, 0.4) is 0 Å². The van der Waals surface area contributed by atoms with Crippen LogP contribution in [0.15, 0.2) is 28.8 Å². The summed E-state index contributed by atoms with van der Waals surface area (Å²) in [4.78, 5) is 4.70. The van der Waals surface area contributed by atoms with Crippen LogP contribution in [0.5, 0.6) is 0 Å². The molecule has 110 valence electrons. The first-order valence-electron chi connectivity index (χ1n) is 7.52. The van der Waals surface area contributed by atoms with Gasteiger partial charge in [-0.05, 0) is 23.8 Å². The van der Waals surface area contributed by atoms with Gasteiger partial charge in [0.1, 0.15) is 0 Å². The highest BCUT2D eigenvalue weighted by Crippen LogP contribution is 2.36. The highest BCUT2D eigenvalue weighted by atomic mass is 32.2. The van der Waals surface area contributed by atoms with Gasteiger partial charge in [0.2, 0.25) is 0 Å². The monoisotopic (exact) mass is 292 g/mol. The van der Waals surface area contributed by atoms with Gasteiger partial charge in [0, 0.05) is 6.61 Å². The second kappa shape index (κ2) is 5.57. The quantitative estimate of drug-likeness (QED) is 0.849. The molecule has 0 spiro atoms. The lowest BCUT2D eigenvalue weighted by Gasteiger charge is -2.26. The third kappa shape index (κ3) is 3.12. The smallest absolute Gasteiger partial charge is 0.157 e. The lowest BCUT2D eigenvalue weighted by atomic mass is 9.83. The molecule has 1 N–H and O–H groups in total. The molecule has 0 aromatic carbocycles. The van der Waals surface area contributed by atoms with Crippen LogP contribution in [0.25, 0.3) is 0 Å². The average Bonchev–Trinajstić information content (AvgIpc) is 3.03. The van der Waals surface area contributed by atoms with Crippen LogP contribution in [-0.2, 0) is 4.74 Å². The molecule has 3 nitrogen and oxygen atoms in total. The summed E-state index contributed by atoms with van der Waals surface area (Å²) in [6.07, 6.45) is 9.62. The maximum Gasteiger partial charge on any atom is 0.157 e. The number of hydrogen-bond donors (Lipinski definition) is 1. The highest BCUT2D eigenvalue weighted by Gasteiger charge is 2.32. The fraction of sp³-hybridized carbons (Fsp3) is 0.688. The Balaban J connectivity index is 1.63. The highest BCUT2D eigenvalue weighted by molar-refractivity contribution is 8.14. The molecule has 0 aromatic rings. The third-order valence-corrected chi connectivity index (χ3v) is 5.22. The number of allylic oxidation sites excluding steroid dienone is 2. The minimum atomic E-state index is 0.222. The summed E-state index contributed by atoms with van der Waals surface area (Å²) >= 11 is 1.85. The van der Waals surface area contributed by atoms with Crippen LogP contribution in [0.4, 0.5) is 0 Å². The van der Waals surface area contributed by atoms with Crippen molar-refractivity contribution >= 4 is 16.9 Å². The van der Waals surface area contributed by atoms with Crippen molar-refractivity contribution in [2.24, 2.45) is 10.4 Å². The van der Waals surface area contributed by atoms with Gasteiger partial charge in [0.05, 0.1) is 23.9 Å². The molecule has 3 rings (SSSR count). The van der Waals surface area contributed by atoms with Crippen LogP contribution in [0.1, 0.15) is 33.6 Å². The van der Waals surface area contributed by atoms with E-state index in [2.05, 4.69) is 44.3 Å². The van der Waals surface area contributed by atoms with E-state index in [0.717, 1.165) is 24.7 Å². The second-order valence-electron chi connectivity index (χ2n) is 6.76. The van der Waals surface area contributed by atoms with Gasteiger partial charge in [-0.15, -0.1) is 0 Å². The van der Waals surface area contributed by atoms with Crippen molar-refractivity contribution in [1.82, 2.24) is 5.32 Å². The number of fused-ring (bicyclic) bond motifs is 1. The molecule has 20 heavy (non-hydrogen) atoms. The Hall–Kier alpha value is -0.740. The van der Waals surface area contributed by atoms with Crippen molar-refractivity contribution in [2.45, 2.75) is 51.0 Å². The molecule has 3 unspecified atom stereocenters. The van der Waals surface area contributed by atoms with Gasteiger partial charge >= 0.3 is 0 Å². The van der Waals surface area contributed by atoms with Gasteiger partial charge in [-0.3, -0.25) is 4.99 Å². The van der Waals surface area contributed by atoms with E-state index in [1.165, 1.54) is 12.0 Å². The molecule has 2 aliphatic heterocycles. The molecule has 2 heterocycles. The van der Waals surface area contributed by atoms with E-state index in [1.54, 1.807) is 0 Å². The topological polar surface area (TPSA) is 33.6 Å². The molecule has 3 aliphatic rings. The lowest BCUT2D eigenvalue weighted by Crippen LogP contribution is -2.31. The number of amidine groups is 1. The Morgan fingerprint density at radius 3 is 3.00 bits per heavy atom. The minimum absolute atomic E-state index is 0.222. The van der Waals surface area contributed by atoms with Crippen molar-refractivity contribution < 1.29 is 4.74 Å².